The molecular formula is C10H18ClNO. The van der Waals surface area contributed by atoms with Crippen LogP contribution in [-0.4, -0.2) is 17.8 Å². The van der Waals surface area contributed by atoms with Crippen LogP contribution in [0.15, 0.2) is 0 Å². The third-order valence-corrected chi connectivity index (χ3v) is 3.17. The minimum atomic E-state index is -0.297. The van der Waals surface area contributed by atoms with Crippen molar-refractivity contribution in [2.75, 3.05) is 6.54 Å². The van der Waals surface area contributed by atoms with Crippen LogP contribution in [0, 0.1) is 5.92 Å². The molecule has 2 nitrogen and oxygen atoms in total. The van der Waals surface area contributed by atoms with Crippen LogP contribution in [0.5, 0.6) is 0 Å². The second-order valence-electron chi connectivity index (χ2n) is 3.74. The number of halogens is 1. The highest BCUT2D eigenvalue weighted by molar-refractivity contribution is 6.30. The van der Waals surface area contributed by atoms with Crippen LogP contribution in [0.1, 0.15) is 39.0 Å². The van der Waals surface area contributed by atoms with Gasteiger partial charge in [-0.05, 0) is 25.2 Å². The van der Waals surface area contributed by atoms with Gasteiger partial charge in [-0.15, -0.1) is 11.6 Å². The zero-order valence-corrected chi connectivity index (χ0v) is 8.94. The molecule has 1 fully saturated rings. The Morgan fingerprint density at radius 1 is 1.54 bits per heavy atom. The number of amides is 1. The highest BCUT2D eigenvalue weighted by Crippen LogP contribution is 2.30. The molecule has 0 aromatic rings. The topological polar surface area (TPSA) is 29.1 Å². The van der Waals surface area contributed by atoms with E-state index in [0.29, 0.717) is 5.92 Å². The van der Waals surface area contributed by atoms with E-state index < -0.39 is 0 Å². The quantitative estimate of drug-likeness (QED) is 0.699. The van der Waals surface area contributed by atoms with Crippen molar-refractivity contribution < 1.29 is 4.79 Å². The summed E-state index contributed by atoms with van der Waals surface area (Å²) in [4.78, 5) is 11.4. The zero-order valence-electron chi connectivity index (χ0n) is 8.18. The molecule has 1 aliphatic carbocycles. The molecule has 0 bridgehead atoms. The van der Waals surface area contributed by atoms with Gasteiger partial charge in [0.05, 0.1) is 0 Å². The van der Waals surface area contributed by atoms with Gasteiger partial charge in [-0.2, -0.15) is 0 Å². The van der Waals surface area contributed by atoms with Crippen molar-refractivity contribution in [3.63, 3.8) is 0 Å². The summed E-state index contributed by atoms with van der Waals surface area (Å²) < 4.78 is 0. The van der Waals surface area contributed by atoms with E-state index >= 15 is 0 Å². The van der Waals surface area contributed by atoms with E-state index in [1.54, 1.807) is 0 Å². The van der Waals surface area contributed by atoms with Crippen LogP contribution < -0.4 is 5.32 Å². The van der Waals surface area contributed by atoms with Crippen LogP contribution in [-0.2, 0) is 4.79 Å². The summed E-state index contributed by atoms with van der Waals surface area (Å²) in [6, 6.07) is 0. The summed E-state index contributed by atoms with van der Waals surface area (Å²) in [5.41, 5.74) is 0. The first kappa shape index (κ1) is 10.8. The molecule has 0 aromatic heterocycles. The maximum atomic E-state index is 11.4. The molecule has 1 N–H and O–H groups in total. The molecule has 0 heterocycles. The van der Waals surface area contributed by atoms with Crippen LogP contribution in [0.3, 0.4) is 0 Å². The molecule has 0 spiro atoms. The maximum Gasteiger partial charge on any atom is 0.238 e. The fourth-order valence-electron chi connectivity index (χ4n) is 1.81. The highest BCUT2D eigenvalue weighted by Gasteiger charge is 2.28. The molecule has 0 radical (unpaired) electrons. The largest absolute Gasteiger partial charge is 0.355 e. The summed E-state index contributed by atoms with van der Waals surface area (Å²) in [5, 5.41) is 2.54. The molecule has 1 aliphatic rings. The summed E-state index contributed by atoms with van der Waals surface area (Å²) in [5.74, 6) is 0.439. The van der Waals surface area contributed by atoms with E-state index in [4.69, 9.17) is 11.6 Å². The summed E-state index contributed by atoms with van der Waals surface area (Å²) >= 11 is 6.06. The minimum absolute atomic E-state index is 0.0235. The van der Waals surface area contributed by atoms with Crippen molar-refractivity contribution in [3.05, 3.63) is 0 Å². The third kappa shape index (κ3) is 3.18. The van der Waals surface area contributed by atoms with Crippen molar-refractivity contribution in [3.8, 4) is 0 Å². The zero-order chi connectivity index (χ0) is 9.68. The number of carbonyl (C=O) groups is 1. The number of hydrogen-bond donors (Lipinski definition) is 1. The number of carbonyl (C=O) groups excluding carboxylic acids is 1. The second kappa shape index (κ2) is 5.48. The minimum Gasteiger partial charge on any atom is -0.355 e. The summed E-state index contributed by atoms with van der Waals surface area (Å²) in [6.07, 6.45) is 5.67. The number of hydrogen-bond acceptors (Lipinski definition) is 1. The van der Waals surface area contributed by atoms with E-state index in [0.717, 1.165) is 25.8 Å². The van der Waals surface area contributed by atoms with Gasteiger partial charge in [0.15, 0.2) is 0 Å². The van der Waals surface area contributed by atoms with E-state index in [9.17, 15) is 4.79 Å². The lowest BCUT2D eigenvalue weighted by molar-refractivity contribution is -0.121. The van der Waals surface area contributed by atoms with Gasteiger partial charge in [-0.25, -0.2) is 0 Å². The Bertz CT molecular complexity index is 166. The van der Waals surface area contributed by atoms with E-state index in [-0.39, 0.29) is 11.3 Å². The Hall–Kier alpha value is -0.240. The molecular weight excluding hydrogens is 186 g/mol. The van der Waals surface area contributed by atoms with Gasteiger partial charge in [-0.1, -0.05) is 19.8 Å². The standard InChI is InChI=1S/C10H18ClNO/c1-2-7-12-10(13)9(11)8-5-3-4-6-8/h8-9H,2-7H2,1H3,(H,12,13). The van der Waals surface area contributed by atoms with Gasteiger partial charge in [0.1, 0.15) is 5.38 Å². The first-order chi connectivity index (χ1) is 6.25. The highest BCUT2D eigenvalue weighted by atomic mass is 35.5. The van der Waals surface area contributed by atoms with E-state index in [2.05, 4.69) is 5.32 Å². The Balaban J connectivity index is 2.28. The fraction of sp³-hybridized carbons (Fsp3) is 0.900. The Morgan fingerprint density at radius 3 is 2.69 bits per heavy atom. The molecule has 0 aliphatic heterocycles. The van der Waals surface area contributed by atoms with Crippen LogP contribution in [0.25, 0.3) is 0 Å². The predicted octanol–water partition coefficient (Wildman–Crippen LogP) is 2.31. The van der Waals surface area contributed by atoms with Gasteiger partial charge >= 0.3 is 0 Å². The molecule has 1 amide bonds. The van der Waals surface area contributed by atoms with Crippen molar-refractivity contribution >= 4 is 17.5 Å². The molecule has 76 valence electrons. The molecule has 13 heavy (non-hydrogen) atoms. The summed E-state index contributed by atoms with van der Waals surface area (Å²) in [7, 11) is 0. The van der Waals surface area contributed by atoms with Crippen molar-refractivity contribution in [1.82, 2.24) is 5.32 Å². The molecule has 1 unspecified atom stereocenters. The van der Waals surface area contributed by atoms with Gasteiger partial charge in [-0.3, -0.25) is 4.79 Å². The average Bonchev–Trinajstić information content (AvgIpc) is 2.65. The van der Waals surface area contributed by atoms with Gasteiger partial charge in [0, 0.05) is 6.54 Å². The van der Waals surface area contributed by atoms with Crippen molar-refractivity contribution in [2.45, 2.75) is 44.4 Å². The third-order valence-electron chi connectivity index (χ3n) is 2.61. The van der Waals surface area contributed by atoms with Crippen molar-refractivity contribution in [1.29, 1.82) is 0 Å². The molecule has 1 atom stereocenters. The first-order valence-electron chi connectivity index (χ1n) is 5.17. The fourth-order valence-corrected chi connectivity index (χ4v) is 2.14. The lowest BCUT2D eigenvalue weighted by Crippen LogP contribution is -2.35. The Labute approximate surface area is 85.0 Å². The summed E-state index contributed by atoms with van der Waals surface area (Å²) in [6.45, 7) is 2.79. The van der Waals surface area contributed by atoms with Gasteiger partial charge in [0.2, 0.25) is 5.91 Å². The van der Waals surface area contributed by atoms with E-state index in [1.165, 1.54) is 12.8 Å². The monoisotopic (exact) mass is 203 g/mol. The van der Waals surface area contributed by atoms with Gasteiger partial charge < -0.3 is 5.32 Å². The second-order valence-corrected chi connectivity index (χ2v) is 4.21. The molecule has 0 aromatic carbocycles. The van der Waals surface area contributed by atoms with Gasteiger partial charge in [0.25, 0.3) is 0 Å². The van der Waals surface area contributed by atoms with Crippen molar-refractivity contribution in [2.24, 2.45) is 5.92 Å². The average molecular weight is 204 g/mol. The van der Waals surface area contributed by atoms with Crippen LogP contribution in [0.2, 0.25) is 0 Å². The molecule has 1 saturated carbocycles. The molecule has 0 saturated heterocycles. The number of rotatable bonds is 4. The normalized spacial score (nSPS) is 20.2. The Kier molecular flexibility index (Phi) is 4.57. The van der Waals surface area contributed by atoms with Crippen LogP contribution >= 0.6 is 11.6 Å². The maximum absolute atomic E-state index is 11.4. The first-order valence-corrected chi connectivity index (χ1v) is 5.61. The SMILES string of the molecule is CCCNC(=O)C(Cl)C1CCCC1. The van der Waals surface area contributed by atoms with E-state index in [1.807, 2.05) is 6.92 Å². The van der Waals surface area contributed by atoms with Crippen LogP contribution in [0.4, 0.5) is 0 Å². The lowest BCUT2D eigenvalue weighted by atomic mass is 10.0. The molecule has 3 heteroatoms. The Morgan fingerprint density at radius 2 is 2.15 bits per heavy atom. The predicted molar refractivity (Wildman–Crippen MR) is 54.9 cm³/mol. The molecule has 1 rings (SSSR count). The lowest BCUT2D eigenvalue weighted by Gasteiger charge is -2.15. The smallest absolute Gasteiger partial charge is 0.238 e. The number of alkyl halides is 1. The number of nitrogens with one attached hydrogen (secondary N) is 1.